The van der Waals surface area contributed by atoms with Gasteiger partial charge in [-0.3, -0.25) is 9.78 Å². The monoisotopic (exact) mass is 296 g/mol. The molecule has 6 nitrogen and oxygen atoms in total. The Morgan fingerprint density at radius 3 is 2.23 bits per heavy atom. The van der Waals surface area contributed by atoms with Gasteiger partial charge < -0.3 is 16.0 Å². The van der Waals surface area contributed by atoms with Crippen LogP contribution in [0.5, 0.6) is 0 Å². The summed E-state index contributed by atoms with van der Waals surface area (Å²) < 4.78 is 0. The van der Waals surface area contributed by atoms with Gasteiger partial charge in [0.15, 0.2) is 0 Å². The summed E-state index contributed by atoms with van der Waals surface area (Å²) in [5, 5.41) is 8.34. The van der Waals surface area contributed by atoms with Gasteiger partial charge in [-0.05, 0) is 49.2 Å². The first-order valence-corrected chi connectivity index (χ1v) is 7.11. The number of amides is 3. The summed E-state index contributed by atoms with van der Waals surface area (Å²) in [6, 6.07) is 12.2. The lowest BCUT2D eigenvalue weighted by Crippen LogP contribution is -2.30. The van der Waals surface area contributed by atoms with Crippen LogP contribution in [0.25, 0.3) is 0 Å². The zero-order valence-electron chi connectivity index (χ0n) is 11.9. The fourth-order valence-corrected chi connectivity index (χ4v) is 1.91. The van der Waals surface area contributed by atoms with Crippen molar-refractivity contribution in [2.24, 2.45) is 0 Å². The first kappa shape index (κ1) is 14.1. The van der Waals surface area contributed by atoms with Gasteiger partial charge in [0.25, 0.3) is 5.91 Å². The molecule has 3 N–H and O–H groups in total. The number of aromatic nitrogens is 1. The maximum atomic E-state index is 12.0. The molecule has 0 aliphatic heterocycles. The number of carbonyl (C=O) groups is 2. The Bertz CT molecular complexity index is 666. The summed E-state index contributed by atoms with van der Waals surface area (Å²) in [6.45, 7) is 0. The molecule has 1 heterocycles. The summed E-state index contributed by atoms with van der Waals surface area (Å²) in [5.74, 6) is -0.271. The zero-order chi connectivity index (χ0) is 15.4. The number of rotatable bonds is 4. The molecule has 1 saturated carbocycles. The minimum Gasteiger partial charge on any atom is -0.335 e. The zero-order valence-corrected chi connectivity index (χ0v) is 11.9. The molecule has 0 atom stereocenters. The van der Waals surface area contributed by atoms with Crippen LogP contribution in [0.1, 0.15) is 23.3 Å². The second-order valence-electron chi connectivity index (χ2n) is 5.12. The molecule has 0 spiro atoms. The van der Waals surface area contributed by atoms with Gasteiger partial charge in [-0.15, -0.1) is 0 Å². The second-order valence-corrected chi connectivity index (χ2v) is 5.12. The van der Waals surface area contributed by atoms with Crippen LogP contribution >= 0.6 is 0 Å². The van der Waals surface area contributed by atoms with Crippen molar-refractivity contribution in [3.8, 4) is 0 Å². The molecule has 1 aromatic heterocycles. The van der Waals surface area contributed by atoms with E-state index in [1.807, 2.05) is 0 Å². The Balaban J connectivity index is 1.56. The Hall–Kier alpha value is -2.89. The van der Waals surface area contributed by atoms with Crippen molar-refractivity contribution >= 4 is 23.3 Å². The van der Waals surface area contributed by atoms with Gasteiger partial charge in [0.1, 0.15) is 5.69 Å². The topological polar surface area (TPSA) is 83.1 Å². The molecule has 1 aliphatic rings. The van der Waals surface area contributed by atoms with Crippen molar-refractivity contribution < 1.29 is 9.59 Å². The molecule has 6 heteroatoms. The summed E-state index contributed by atoms with van der Waals surface area (Å²) in [7, 11) is 0. The third-order valence-electron chi connectivity index (χ3n) is 3.21. The SMILES string of the molecule is O=C(Nc1ccc(NC(=O)c2ccccn2)cc1)NC1CC1. The molecule has 1 aromatic carbocycles. The van der Waals surface area contributed by atoms with E-state index in [0.29, 0.717) is 23.1 Å². The highest BCUT2D eigenvalue weighted by atomic mass is 16.2. The number of hydrogen-bond acceptors (Lipinski definition) is 3. The molecule has 1 fully saturated rings. The normalized spacial score (nSPS) is 13.3. The van der Waals surface area contributed by atoms with E-state index in [-0.39, 0.29) is 11.9 Å². The summed E-state index contributed by atoms with van der Waals surface area (Å²) in [4.78, 5) is 27.5. The number of urea groups is 1. The van der Waals surface area contributed by atoms with Crippen LogP contribution in [0, 0.1) is 0 Å². The van der Waals surface area contributed by atoms with Gasteiger partial charge in [-0.25, -0.2) is 4.79 Å². The number of carbonyl (C=O) groups excluding carboxylic acids is 2. The highest BCUT2D eigenvalue weighted by molar-refractivity contribution is 6.03. The van der Waals surface area contributed by atoms with Gasteiger partial charge in [-0.1, -0.05) is 6.07 Å². The fourth-order valence-electron chi connectivity index (χ4n) is 1.91. The van der Waals surface area contributed by atoms with Gasteiger partial charge in [-0.2, -0.15) is 0 Å². The van der Waals surface area contributed by atoms with Crippen molar-refractivity contribution in [1.82, 2.24) is 10.3 Å². The average Bonchev–Trinajstić information content (AvgIpc) is 3.34. The van der Waals surface area contributed by atoms with Gasteiger partial charge in [0.2, 0.25) is 0 Å². The van der Waals surface area contributed by atoms with Crippen LogP contribution in [-0.2, 0) is 0 Å². The molecule has 0 saturated heterocycles. The van der Waals surface area contributed by atoms with Crippen molar-refractivity contribution in [1.29, 1.82) is 0 Å². The number of nitrogens with zero attached hydrogens (tertiary/aromatic N) is 1. The van der Waals surface area contributed by atoms with Crippen molar-refractivity contribution in [3.05, 3.63) is 54.4 Å². The summed E-state index contributed by atoms with van der Waals surface area (Å²) in [6.07, 6.45) is 3.66. The van der Waals surface area contributed by atoms with Crippen molar-refractivity contribution in [2.75, 3.05) is 10.6 Å². The van der Waals surface area contributed by atoms with E-state index in [1.54, 1.807) is 48.7 Å². The van der Waals surface area contributed by atoms with Crippen molar-refractivity contribution in [2.45, 2.75) is 18.9 Å². The highest BCUT2D eigenvalue weighted by Gasteiger charge is 2.23. The summed E-state index contributed by atoms with van der Waals surface area (Å²) in [5.41, 5.74) is 1.67. The van der Waals surface area contributed by atoms with E-state index in [0.717, 1.165) is 12.8 Å². The minimum atomic E-state index is -0.271. The van der Waals surface area contributed by atoms with Gasteiger partial charge >= 0.3 is 6.03 Å². The lowest BCUT2D eigenvalue weighted by atomic mass is 10.2. The Kier molecular flexibility index (Phi) is 4.00. The number of pyridine rings is 1. The van der Waals surface area contributed by atoms with Crippen LogP contribution in [-0.4, -0.2) is 23.0 Å². The molecule has 1 aliphatic carbocycles. The third kappa shape index (κ3) is 3.82. The van der Waals surface area contributed by atoms with E-state index >= 15 is 0 Å². The Morgan fingerprint density at radius 1 is 0.955 bits per heavy atom. The molecule has 0 radical (unpaired) electrons. The Labute approximate surface area is 127 Å². The maximum absolute atomic E-state index is 12.0. The van der Waals surface area contributed by atoms with Gasteiger partial charge in [0, 0.05) is 23.6 Å². The van der Waals surface area contributed by atoms with Crippen LogP contribution < -0.4 is 16.0 Å². The minimum absolute atomic E-state index is 0.201. The fraction of sp³-hybridized carbons (Fsp3) is 0.188. The number of anilines is 2. The highest BCUT2D eigenvalue weighted by Crippen LogP contribution is 2.19. The van der Waals surface area contributed by atoms with Gasteiger partial charge in [0.05, 0.1) is 0 Å². The maximum Gasteiger partial charge on any atom is 0.319 e. The molecular weight excluding hydrogens is 280 g/mol. The molecule has 22 heavy (non-hydrogen) atoms. The predicted molar refractivity (Wildman–Crippen MR) is 83.8 cm³/mol. The van der Waals surface area contributed by atoms with E-state index in [2.05, 4.69) is 20.9 Å². The van der Waals surface area contributed by atoms with E-state index in [9.17, 15) is 9.59 Å². The van der Waals surface area contributed by atoms with Crippen LogP contribution in [0.15, 0.2) is 48.7 Å². The first-order valence-electron chi connectivity index (χ1n) is 7.11. The van der Waals surface area contributed by atoms with Crippen molar-refractivity contribution in [3.63, 3.8) is 0 Å². The first-order chi connectivity index (χ1) is 10.7. The van der Waals surface area contributed by atoms with Crippen LogP contribution in [0.3, 0.4) is 0 Å². The molecule has 2 aromatic rings. The quantitative estimate of drug-likeness (QED) is 0.811. The number of nitrogens with one attached hydrogen (secondary N) is 3. The smallest absolute Gasteiger partial charge is 0.319 e. The number of benzene rings is 1. The standard InChI is InChI=1S/C16H16N4O2/c21-15(14-3-1-2-10-17-14)18-11-4-6-12(7-5-11)19-16(22)20-13-8-9-13/h1-7,10,13H,8-9H2,(H,18,21)(H2,19,20,22). The molecule has 0 unspecified atom stereocenters. The predicted octanol–water partition coefficient (Wildman–Crippen LogP) is 2.62. The summed E-state index contributed by atoms with van der Waals surface area (Å²) >= 11 is 0. The van der Waals surface area contributed by atoms with E-state index in [1.165, 1.54) is 0 Å². The average molecular weight is 296 g/mol. The van der Waals surface area contributed by atoms with Crippen LogP contribution in [0.4, 0.5) is 16.2 Å². The molecule has 3 amide bonds. The Morgan fingerprint density at radius 2 is 1.64 bits per heavy atom. The number of hydrogen-bond donors (Lipinski definition) is 3. The largest absolute Gasteiger partial charge is 0.335 e. The van der Waals surface area contributed by atoms with Crippen LogP contribution in [0.2, 0.25) is 0 Å². The van der Waals surface area contributed by atoms with E-state index < -0.39 is 0 Å². The molecule has 112 valence electrons. The molecular formula is C16H16N4O2. The molecule has 3 rings (SSSR count). The third-order valence-corrected chi connectivity index (χ3v) is 3.21. The second kappa shape index (κ2) is 6.26. The molecule has 0 bridgehead atoms. The van der Waals surface area contributed by atoms with E-state index in [4.69, 9.17) is 0 Å². The lowest BCUT2D eigenvalue weighted by molar-refractivity contribution is 0.102. The lowest BCUT2D eigenvalue weighted by Gasteiger charge is -2.08.